The van der Waals surface area contributed by atoms with Gasteiger partial charge in [0.15, 0.2) is 0 Å². The lowest BCUT2D eigenvalue weighted by Gasteiger charge is -2.25. The molecule has 28 heavy (non-hydrogen) atoms. The van der Waals surface area contributed by atoms with Gasteiger partial charge in [-0.25, -0.2) is 4.39 Å². The molecule has 0 saturated heterocycles. The summed E-state index contributed by atoms with van der Waals surface area (Å²) >= 11 is 0. The zero-order valence-electron chi connectivity index (χ0n) is 15.1. The Morgan fingerprint density at radius 3 is 2.71 bits per heavy atom. The highest BCUT2D eigenvalue weighted by atomic mass is 19.1. The average molecular weight is 381 g/mol. The second-order valence-corrected chi connectivity index (χ2v) is 7.22. The van der Waals surface area contributed by atoms with Gasteiger partial charge in [0.2, 0.25) is 17.7 Å². The molecule has 2 aliphatic rings. The predicted octanol–water partition coefficient (Wildman–Crippen LogP) is 2.92. The van der Waals surface area contributed by atoms with E-state index < -0.39 is 11.7 Å². The van der Waals surface area contributed by atoms with Crippen LogP contribution in [0.3, 0.4) is 0 Å². The molecule has 0 aromatic heterocycles. The topological polar surface area (TPSA) is 87.3 Å². The standard InChI is InChI=1S/C21H20FN3O3/c22-14-6-7-16-17(10-19(26)25-18(16)9-14)21(28)23-11-12-2-1-3-15(8-12)24-20(27)13-4-5-13/h1-3,6-9,13,17H,4-5,10-11H2,(H,23,28)(H,24,27)(H,25,26)/t17-/m0/s1. The van der Waals surface area contributed by atoms with Gasteiger partial charge >= 0.3 is 0 Å². The van der Waals surface area contributed by atoms with Crippen molar-refractivity contribution in [2.45, 2.75) is 31.7 Å². The minimum absolute atomic E-state index is 0.0158. The molecule has 4 rings (SSSR count). The van der Waals surface area contributed by atoms with Crippen LogP contribution in [0.5, 0.6) is 0 Å². The minimum Gasteiger partial charge on any atom is -0.351 e. The average Bonchev–Trinajstić information content (AvgIpc) is 3.50. The zero-order chi connectivity index (χ0) is 19.7. The number of carbonyl (C=O) groups excluding carboxylic acids is 3. The van der Waals surface area contributed by atoms with E-state index in [2.05, 4.69) is 16.0 Å². The van der Waals surface area contributed by atoms with Crippen LogP contribution in [0, 0.1) is 11.7 Å². The number of fused-ring (bicyclic) bond motifs is 1. The Bertz CT molecular complexity index is 956. The third-order valence-corrected chi connectivity index (χ3v) is 4.98. The molecule has 0 unspecified atom stereocenters. The van der Waals surface area contributed by atoms with Crippen LogP contribution in [0.2, 0.25) is 0 Å². The molecular weight excluding hydrogens is 361 g/mol. The molecule has 1 heterocycles. The number of anilines is 2. The quantitative estimate of drug-likeness (QED) is 0.744. The van der Waals surface area contributed by atoms with Gasteiger partial charge in [-0.1, -0.05) is 18.2 Å². The Kier molecular flexibility index (Phi) is 4.81. The van der Waals surface area contributed by atoms with E-state index in [9.17, 15) is 18.8 Å². The van der Waals surface area contributed by atoms with E-state index in [1.54, 1.807) is 0 Å². The smallest absolute Gasteiger partial charge is 0.228 e. The number of halogens is 1. The number of hydrogen-bond donors (Lipinski definition) is 3. The Balaban J connectivity index is 1.42. The van der Waals surface area contributed by atoms with E-state index >= 15 is 0 Å². The normalized spacial score (nSPS) is 18.0. The lowest BCUT2D eigenvalue weighted by molar-refractivity contribution is -0.126. The second-order valence-electron chi connectivity index (χ2n) is 7.22. The van der Waals surface area contributed by atoms with Crippen molar-refractivity contribution in [2.24, 2.45) is 5.92 Å². The van der Waals surface area contributed by atoms with Crippen LogP contribution in [0.25, 0.3) is 0 Å². The van der Waals surface area contributed by atoms with Gasteiger partial charge < -0.3 is 16.0 Å². The monoisotopic (exact) mass is 381 g/mol. The molecular formula is C21H20FN3O3. The van der Waals surface area contributed by atoms with Crippen molar-refractivity contribution in [2.75, 3.05) is 10.6 Å². The fourth-order valence-electron chi connectivity index (χ4n) is 3.33. The number of amides is 3. The number of carbonyl (C=O) groups is 3. The van der Waals surface area contributed by atoms with Crippen molar-refractivity contribution in [1.29, 1.82) is 0 Å². The Morgan fingerprint density at radius 2 is 1.93 bits per heavy atom. The van der Waals surface area contributed by atoms with Crippen molar-refractivity contribution in [3.8, 4) is 0 Å². The Morgan fingerprint density at radius 1 is 1.11 bits per heavy atom. The van der Waals surface area contributed by atoms with Gasteiger partial charge in [0.25, 0.3) is 0 Å². The van der Waals surface area contributed by atoms with Crippen LogP contribution < -0.4 is 16.0 Å². The van der Waals surface area contributed by atoms with Crippen molar-refractivity contribution in [3.63, 3.8) is 0 Å². The Hall–Kier alpha value is -3.22. The third-order valence-electron chi connectivity index (χ3n) is 4.98. The molecule has 2 aromatic carbocycles. The summed E-state index contributed by atoms with van der Waals surface area (Å²) in [6, 6.07) is 11.3. The molecule has 1 aliphatic carbocycles. The molecule has 3 amide bonds. The molecule has 0 radical (unpaired) electrons. The summed E-state index contributed by atoms with van der Waals surface area (Å²) in [5.41, 5.74) is 2.47. The van der Waals surface area contributed by atoms with Gasteiger partial charge in [0.05, 0.1) is 5.92 Å². The summed E-state index contributed by atoms with van der Waals surface area (Å²) in [5, 5.41) is 8.31. The van der Waals surface area contributed by atoms with Gasteiger partial charge in [0, 0.05) is 30.3 Å². The largest absolute Gasteiger partial charge is 0.351 e. The highest BCUT2D eigenvalue weighted by Crippen LogP contribution is 2.33. The second kappa shape index (κ2) is 7.42. The van der Waals surface area contributed by atoms with Crippen LogP contribution in [0.15, 0.2) is 42.5 Å². The molecule has 1 saturated carbocycles. The molecule has 0 spiro atoms. The molecule has 0 bridgehead atoms. The maximum Gasteiger partial charge on any atom is 0.228 e. The van der Waals surface area contributed by atoms with Crippen LogP contribution in [-0.2, 0) is 20.9 Å². The van der Waals surface area contributed by atoms with Crippen LogP contribution in [-0.4, -0.2) is 17.7 Å². The fraction of sp³-hybridized carbons (Fsp3) is 0.286. The SMILES string of the molecule is O=C1C[C@H](C(=O)NCc2cccc(NC(=O)C3CC3)c2)c2ccc(F)cc2N1. The third kappa shape index (κ3) is 4.03. The minimum atomic E-state index is -0.665. The van der Waals surface area contributed by atoms with E-state index in [1.165, 1.54) is 18.2 Å². The first-order chi connectivity index (χ1) is 13.5. The van der Waals surface area contributed by atoms with Crippen molar-refractivity contribution < 1.29 is 18.8 Å². The summed E-state index contributed by atoms with van der Waals surface area (Å²) in [6.07, 6.45) is 1.88. The molecule has 7 heteroatoms. The summed E-state index contributed by atoms with van der Waals surface area (Å²) in [4.78, 5) is 36.4. The van der Waals surface area contributed by atoms with E-state index in [4.69, 9.17) is 0 Å². The molecule has 2 aromatic rings. The zero-order valence-corrected chi connectivity index (χ0v) is 15.1. The van der Waals surface area contributed by atoms with E-state index in [0.717, 1.165) is 18.4 Å². The first-order valence-electron chi connectivity index (χ1n) is 9.26. The molecule has 1 atom stereocenters. The van der Waals surface area contributed by atoms with E-state index in [-0.39, 0.29) is 36.6 Å². The molecule has 1 aliphatic heterocycles. The number of rotatable bonds is 5. The van der Waals surface area contributed by atoms with Gasteiger partial charge in [-0.15, -0.1) is 0 Å². The fourth-order valence-corrected chi connectivity index (χ4v) is 3.33. The number of hydrogen-bond acceptors (Lipinski definition) is 3. The first-order valence-corrected chi connectivity index (χ1v) is 9.26. The van der Waals surface area contributed by atoms with Gasteiger partial charge in [-0.3, -0.25) is 14.4 Å². The Labute approximate surface area is 161 Å². The van der Waals surface area contributed by atoms with Gasteiger partial charge in [-0.05, 0) is 48.2 Å². The van der Waals surface area contributed by atoms with Gasteiger partial charge in [0.1, 0.15) is 5.82 Å². The molecule has 3 N–H and O–H groups in total. The number of nitrogens with one attached hydrogen (secondary N) is 3. The highest BCUT2D eigenvalue weighted by molar-refractivity contribution is 6.01. The first kappa shape index (κ1) is 18.2. The highest BCUT2D eigenvalue weighted by Gasteiger charge is 2.31. The van der Waals surface area contributed by atoms with Crippen molar-refractivity contribution in [1.82, 2.24) is 5.32 Å². The predicted molar refractivity (Wildman–Crippen MR) is 102 cm³/mol. The summed E-state index contributed by atoms with van der Waals surface area (Å²) < 4.78 is 13.4. The van der Waals surface area contributed by atoms with Crippen LogP contribution in [0.4, 0.5) is 15.8 Å². The lowest BCUT2D eigenvalue weighted by atomic mass is 9.89. The van der Waals surface area contributed by atoms with E-state index in [1.807, 2.05) is 24.3 Å². The molecule has 1 fully saturated rings. The maximum absolute atomic E-state index is 13.4. The van der Waals surface area contributed by atoms with Crippen molar-refractivity contribution in [3.05, 3.63) is 59.4 Å². The van der Waals surface area contributed by atoms with Crippen molar-refractivity contribution >= 4 is 29.1 Å². The van der Waals surface area contributed by atoms with E-state index in [0.29, 0.717) is 16.9 Å². The van der Waals surface area contributed by atoms with Gasteiger partial charge in [-0.2, -0.15) is 0 Å². The summed E-state index contributed by atoms with van der Waals surface area (Å²) in [6.45, 7) is 0.265. The maximum atomic E-state index is 13.4. The summed E-state index contributed by atoms with van der Waals surface area (Å²) in [5.74, 6) is -1.60. The van der Waals surface area contributed by atoms with Crippen LogP contribution in [0.1, 0.15) is 36.3 Å². The molecule has 6 nitrogen and oxygen atoms in total. The summed E-state index contributed by atoms with van der Waals surface area (Å²) in [7, 11) is 0. The number of benzene rings is 2. The molecule has 144 valence electrons. The van der Waals surface area contributed by atoms with Crippen LogP contribution >= 0.6 is 0 Å². The lowest BCUT2D eigenvalue weighted by Crippen LogP contribution is -2.34.